The van der Waals surface area contributed by atoms with Gasteiger partial charge in [0.15, 0.2) is 11.5 Å². The van der Waals surface area contributed by atoms with Crippen molar-refractivity contribution < 1.29 is 23.9 Å². The second-order valence-corrected chi connectivity index (χ2v) is 9.65. The number of carbonyl (C=O) groups excluding carboxylic acids is 3. The fourth-order valence-electron chi connectivity index (χ4n) is 3.35. The van der Waals surface area contributed by atoms with Gasteiger partial charge < -0.3 is 14.8 Å². The number of amides is 3. The molecular weight excluding hydrogens is 579 g/mol. The number of anilines is 1. The summed E-state index contributed by atoms with van der Waals surface area (Å²) in [6, 6.07) is 22.2. The Hall–Kier alpha value is -3.31. The molecule has 0 aromatic heterocycles. The maximum Gasteiger partial charge on any atom is 0.294 e. The topological polar surface area (TPSA) is 84.9 Å². The molecule has 1 aliphatic rings. The van der Waals surface area contributed by atoms with Crippen molar-refractivity contribution in [1.29, 1.82) is 0 Å². The molecule has 35 heavy (non-hydrogen) atoms. The van der Waals surface area contributed by atoms with Crippen LogP contribution in [0, 0.1) is 3.57 Å². The Kier molecular flexibility index (Phi) is 8.09. The number of halogens is 1. The minimum absolute atomic E-state index is 0.235. The largest absolute Gasteiger partial charge is 0.493 e. The van der Waals surface area contributed by atoms with Gasteiger partial charge in [0.1, 0.15) is 13.2 Å². The van der Waals surface area contributed by atoms with Crippen LogP contribution >= 0.6 is 34.4 Å². The van der Waals surface area contributed by atoms with Gasteiger partial charge in [-0.25, -0.2) is 0 Å². The average Bonchev–Trinajstić information content (AvgIpc) is 3.11. The third-order valence-corrected chi connectivity index (χ3v) is 6.72. The predicted octanol–water partition coefficient (Wildman–Crippen LogP) is 5.55. The van der Waals surface area contributed by atoms with Gasteiger partial charge in [-0.2, -0.15) is 0 Å². The zero-order valence-electron chi connectivity index (χ0n) is 18.7. The molecule has 3 aromatic rings. The number of nitrogens with one attached hydrogen (secondary N) is 1. The Labute approximate surface area is 220 Å². The summed E-state index contributed by atoms with van der Waals surface area (Å²) < 4.78 is 12.3. The summed E-state index contributed by atoms with van der Waals surface area (Å²) in [7, 11) is 1.55. The molecule has 3 aromatic carbocycles. The first-order chi connectivity index (χ1) is 16.9. The van der Waals surface area contributed by atoms with Gasteiger partial charge >= 0.3 is 0 Å². The number of carbonyl (C=O) groups is 3. The number of hydrogen-bond acceptors (Lipinski definition) is 6. The molecule has 3 amide bonds. The van der Waals surface area contributed by atoms with Crippen LogP contribution in [0.25, 0.3) is 6.08 Å². The normalized spacial score (nSPS) is 14.3. The van der Waals surface area contributed by atoms with Crippen molar-refractivity contribution in [3.63, 3.8) is 0 Å². The smallest absolute Gasteiger partial charge is 0.294 e. The molecule has 0 unspecified atom stereocenters. The molecule has 7 nitrogen and oxygen atoms in total. The van der Waals surface area contributed by atoms with Crippen LogP contribution in [-0.4, -0.2) is 35.6 Å². The van der Waals surface area contributed by atoms with E-state index in [4.69, 9.17) is 9.47 Å². The van der Waals surface area contributed by atoms with Gasteiger partial charge in [-0.15, -0.1) is 0 Å². The number of para-hydroxylation sites is 1. The maximum absolute atomic E-state index is 12.9. The highest BCUT2D eigenvalue weighted by atomic mass is 127. The Morgan fingerprint density at radius 3 is 2.43 bits per heavy atom. The number of rotatable bonds is 8. The molecule has 1 fully saturated rings. The second-order valence-electron chi connectivity index (χ2n) is 7.49. The standard InChI is InChI=1S/C26H21IN2O5S/c1-33-21-13-18(12-20(27)24(21)34-16-17-8-4-2-5-9-17)14-22-25(31)29(26(32)35-22)15-23(30)28-19-10-6-3-7-11-19/h2-14H,15-16H2,1H3,(H,28,30)/b22-14+. The zero-order chi connectivity index (χ0) is 24.8. The second kappa shape index (κ2) is 11.4. The maximum atomic E-state index is 12.9. The van der Waals surface area contributed by atoms with Crippen LogP contribution in [0.5, 0.6) is 11.5 Å². The van der Waals surface area contributed by atoms with E-state index in [-0.39, 0.29) is 11.4 Å². The molecule has 178 valence electrons. The van der Waals surface area contributed by atoms with E-state index in [2.05, 4.69) is 27.9 Å². The van der Waals surface area contributed by atoms with Crippen molar-refractivity contribution in [3.8, 4) is 11.5 Å². The molecule has 1 N–H and O–H groups in total. The molecule has 4 rings (SSSR count). The lowest BCUT2D eigenvalue weighted by atomic mass is 10.1. The van der Waals surface area contributed by atoms with Gasteiger partial charge in [0.05, 0.1) is 15.6 Å². The summed E-state index contributed by atoms with van der Waals surface area (Å²) in [6.45, 7) is 0.0283. The SMILES string of the molecule is COc1cc(/C=C2/SC(=O)N(CC(=O)Nc3ccccc3)C2=O)cc(I)c1OCc1ccccc1. The van der Waals surface area contributed by atoms with Crippen molar-refractivity contribution in [3.05, 3.63) is 92.4 Å². The van der Waals surface area contributed by atoms with Crippen LogP contribution < -0.4 is 14.8 Å². The average molecular weight is 600 g/mol. The van der Waals surface area contributed by atoms with Crippen molar-refractivity contribution in [1.82, 2.24) is 4.90 Å². The summed E-state index contributed by atoms with van der Waals surface area (Å²) >= 11 is 2.95. The van der Waals surface area contributed by atoms with Gasteiger partial charge in [0, 0.05) is 5.69 Å². The third-order valence-electron chi connectivity index (χ3n) is 5.01. The number of ether oxygens (including phenoxy) is 2. The summed E-state index contributed by atoms with van der Waals surface area (Å²) in [5.74, 6) is 0.151. The first-order valence-corrected chi connectivity index (χ1v) is 12.5. The van der Waals surface area contributed by atoms with Crippen molar-refractivity contribution in [2.24, 2.45) is 0 Å². The number of thioether (sulfide) groups is 1. The summed E-state index contributed by atoms with van der Waals surface area (Å²) in [6.07, 6.45) is 1.62. The Balaban J connectivity index is 1.47. The van der Waals surface area contributed by atoms with E-state index in [0.29, 0.717) is 29.4 Å². The van der Waals surface area contributed by atoms with Gasteiger partial charge in [0.2, 0.25) is 5.91 Å². The van der Waals surface area contributed by atoms with Crippen LogP contribution in [0.15, 0.2) is 77.7 Å². The van der Waals surface area contributed by atoms with Crippen molar-refractivity contribution in [2.75, 3.05) is 19.0 Å². The molecular formula is C26H21IN2O5S. The summed E-state index contributed by atoms with van der Waals surface area (Å²) in [5, 5.41) is 2.19. The molecule has 1 saturated heterocycles. The first kappa shape index (κ1) is 24.8. The van der Waals surface area contributed by atoms with E-state index >= 15 is 0 Å². The van der Waals surface area contributed by atoms with E-state index in [1.54, 1.807) is 43.5 Å². The quantitative estimate of drug-likeness (QED) is 0.270. The number of nitrogens with zero attached hydrogens (tertiary/aromatic N) is 1. The van der Waals surface area contributed by atoms with Crippen LogP contribution in [0.4, 0.5) is 10.5 Å². The predicted molar refractivity (Wildman–Crippen MR) is 144 cm³/mol. The molecule has 0 radical (unpaired) electrons. The molecule has 0 spiro atoms. The summed E-state index contributed by atoms with van der Waals surface area (Å²) in [5.41, 5.74) is 2.30. The van der Waals surface area contributed by atoms with Gasteiger partial charge in [-0.05, 0) is 75.8 Å². The monoisotopic (exact) mass is 600 g/mol. The lowest BCUT2D eigenvalue weighted by molar-refractivity contribution is -0.127. The Morgan fingerprint density at radius 2 is 1.74 bits per heavy atom. The van der Waals surface area contributed by atoms with Gasteiger partial charge in [0.25, 0.3) is 11.1 Å². The zero-order valence-corrected chi connectivity index (χ0v) is 21.7. The number of benzene rings is 3. The molecule has 1 aliphatic heterocycles. The van der Waals surface area contributed by atoms with Crippen LogP contribution in [0.2, 0.25) is 0 Å². The van der Waals surface area contributed by atoms with E-state index in [1.807, 2.05) is 42.5 Å². The van der Waals surface area contributed by atoms with E-state index in [9.17, 15) is 14.4 Å². The lowest BCUT2D eigenvalue weighted by Crippen LogP contribution is -2.36. The van der Waals surface area contributed by atoms with Gasteiger partial charge in [-0.3, -0.25) is 19.3 Å². The molecule has 1 heterocycles. The molecule has 0 saturated carbocycles. The third kappa shape index (κ3) is 6.23. The molecule has 9 heteroatoms. The Bertz CT molecular complexity index is 1280. The van der Waals surface area contributed by atoms with Crippen molar-refractivity contribution >= 4 is 63.2 Å². The highest BCUT2D eigenvalue weighted by Crippen LogP contribution is 2.37. The minimum Gasteiger partial charge on any atom is -0.493 e. The van der Waals surface area contributed by atoms with E-state index < -0.39 is 17.1 Å². The fraction of sp³-hybridized carbons (Fsp3) is 0.115. The summed E-state index contributed by atoms with van der Waals surface area (Å²) in [4.78, 5) is 38.8. The first-order valence-electron chi connectivity index (χ1n) is 10.6. The number of imide groups is 1. The van der Waals surface area contributed by atoms with Crippen LogP contribution in [-0.2, 0) is 16.2 Å². The Morgan fingerprint density at radius 1 is 1.06 bits per heavy atom. The van der Waals surface area contributed by atoms with Gasteiger partial charge in [-0.1, -0.05) is 48.5 Å². The van der Waals surface area contributed by atoms with E-state index in [0.717, 1.165) is 25.8 Å². The number of methoxy groups -OCH3 is 1. The molecule has 0 aliphatic carbocycles. The van der Waals surface area contributed by atoms with Crippen LogP contribution in [0.1, 0.15) is 11.1 Å². The molecule has 0 bridgehead atoms. The number of hydrogen-bond donors (Lipinski definition) is 1. The van der Waals surface area contributed by atoms with Crippen molar-refractivity contribution in [2.45, 2.75) is 6.61 Å². The molecule has 0 atom stereocenters. The lowest BCUT2D eigenvalue weighted by Gasteiger charge is -2.14. The highest BCUT2D eigenvalue weighted by molar-refractivity contribution is 14.1. The highest BCUT2D eigenvalue weighted by Gasteiger charge is 2.36. The van der Waals surface area contributed by atoms with Crippen LogP contribution in [0.3, 0.4) is 0 Å². The fourth-order valence-corrected chi connectivity index (χ4v) is 4.97. The minimum atomic E-state index is -0.512. The van der Waals surface area contributed by atoms with E-state index in [1.165, 1.54) is 0 Å².